The van der Waals surface area contributed by atoms with Crippen LogP contribution in [0.15, 0.2) is 36.4 Å². The minimum atomic E-state index is -0.702. The average Bonchev–Trinajstić information content (AvgIpc) is 3.37. The molecule has 1 saturated carbocycles. The molecule has 0 saturated heterocycles. The van der Waals surface area contributed by atoms with Gasteiger partial charge in [0.15, 0.2) is 0 Å². The van der Waals surface area contributed by atoms with Crippen LogP contribution in [0.4, 0.5) is 13.2 Å². The fourth-order valence-corrected chi connectivity index (χ4v) is 4.37. The van der Waals surface area contributed by atoms with E-state index in [9.17, 15) is 8.78 Å². The predicted octanol–water partition coefficient (Wildman–Crippen LogP) is 5.73. The van der Waals surface area contributed by atoms with Gasteiger partial charge in [-0.3, -0.25) is 0 Å². The summed E-state index contributed by atoms with van der Waals surface area (Å²) in [5, 5.41) is 3.43. The highest BCUT2D eigenvalue weighted by Crippen LogP contribution is 2.53. The van der Waals surface area contributed by atoms with Gasteiger partial charge in [0, 0.05) is 17.7 Å². The van der Waals surface area contributed by atoms with E-state index >= 15 is 4.39 Å². The van der Waals surface area contributed by atoms with Crippen molar-refractivity contribution in [3.05, 3.63) is 59.4 Å². The van der Waals surface area contributed by atoms with Crippen LogP contribution in [0, 0.1) is 28.8 Å². The average molecular weight is 361 g/mol. The molecule has 0 spiro atoms. The van der Waals surface area contributed by atoms with E-state index < -0.39 is 11.6 Å². The Kier molecular flexibility index (Phi) is 5.42. The van der Waals surface area contributed by atoms with Gasteiger partial charge in [0.2, 0.25) is 0 Å². The second-order valence-corrected chi connectivity index (χ2v) is 7.60. The van der Waals surface area contributed by atoms with Crippen molar-refractivity contribution >= 4 is 0 Å². The van der Waals surface area contributed by atoms with Crippen LogP contribution in [0.3, 0.4) is 0 Å². The molecule has 1 fully saturated rings. The van der Waals surface area contributed by atoms with Crippen molar-refractivity contribution in [2.24, 2.45) is 11.3 Å². The number of hydrogen-bond donors (Lipinski definition) is 1. The van der Waals surface area contributed by atoms with Gasteiger partial charge in [0.25, 0.3) is 0 Å². The molecule has 0 amide bonds. The maximum absolute atomic E-state index is 15.1. The van der Waals surface area contributed by atoms with E-state index in [1.54, 1.807) is 18.2 Å². The molecule has 26 heavy (non-hydrogen) atoms. The molecule has 0 radical (unpaired) electrons. The van der Waals surface area contributed by atoms with Crippen LogP contribution in [0.2, 0.25) is 0 Å². The summed E-state index contributed by atoms with van der Waals surface area (Å²) in [6.45, 7) is 4.36. The van der Waals surface area contributed by atoms with E-state index in [0.717, 1.165) is 12.5 Å². The van der Waals surface area contributed by atoms with Gasteiger partial charge < -0.3 is 5.32 Å². The number of benzene rings is 2. The normalized spacial score (nSPS) is 17.8. The van der Waals surface area contributed by atoms with Crippen LogP contribution in [-0.2, 0) is 6.42 Å². The minimum absolute atomic E-state index is 0.229. The maximum Gasteiger partial charge on any atom is 0.134 e. The minimum Gasteiger partial charge on any atom is -0.316 e. The zero-order chi connectivity index (χ0) is 18.9. The van der Waals surface area contributed by atoms with Crippen molar-refractivity contribution in [1.29, 1.82) is 0 Å². The maximum atomic E-state index is 15.1. The summed E-state index contributed by atoms with van der Waals surface area (Å²) in [6.07, 6.45) is 4.13. The number of nitrogens with one attached hydrogen (secondary N) is 1. The third-order valence-corrected chi connectivity index (χ3v) is 5.93. The molecule has 2 aromatic carbocycles. The summed E-state index contributed by atoms with van der Waals surface area (Å²) in [5.74, 6) is -1.53. The van der Waals surface area contributed by atoms with Crippen LogP contribution < -0.4 is 5.32 Å². The van der Waals surface area contributed by atoms with E-state index in [-0.39, 0.29) is 22.9 Å². The number of rotatable bonds is 7. The van der Waals surface area contributed by atoms with Gasteiger partial charge >= 0.3 is 0 Å². The van der Waals surface area contributed by atoms with Crippen molar-refractivity contribution < 1.29 is 13.2 Å². The Morgan fingerprint density at radius 3 is 2.27 bits per heavy atom. The zero-order valence-corrected chi connectivity index (χ0v) is 15.6. The third kappa shape index (κ3) is 3.66. The van der Waals surface area contributed by atoms with E-state index in [4.69, 9.17) is 0 Å². The van der Waals surface area contributed by atoms with Gasteiger partial charge in [-0.25, -0.2) is 13.2 Å². The Bertz CT molecular complexity index is 763. The standard InChI is InChI=1S/C22H26F3N/c1-4-22(8-9-22)21(26-3)14(2)10-15-6-5-7-19(20(15)25)16-11-17(23)13-18(24)12-16/h5-7,11-14,21,26H,4,8-10H2,1-3H3. The molecule has 2 aromatic rings. The van der Waals surface area contributed by atoms with E-state index in [1.807, 2.05) is 7.05 Å². The Morgan fingerprint density at radius 2 is 1.73 bits per heavy atom. The van der Waals surface area contributed by atoms with E-state index in [0.29, 0.717) is 23.4 Å². The first-order chi connectivity index (χ1) is 12.4. The molecule has 1 nitrogen and oxygen atoms in total. The molecule has 1 aliphatic rings. The van der Waals surface area contributed by atoms with Crippen LogP contribution in [0.5, 0.6) is 0 Å². The molecule has 1 aliphatic carbocycles. The molecule has 0 aromatic heterocycles. The lowest BCUT2D eigenvalue weighted by Crippen LogP contribution is -2.41. The fourth-order valence-electron chi connectivity index (χ4n) is 4.37. The van der Waals surface area contributed by atoms with Crippen LogP contribution in [0.25, 0.3) is 11.1 Å². The molecule has 1 N–H and O–H groups in total. The second kappa shape index (κ2) is 7.43. The highest BCUT2D eigenvalue weighted by atomic mass is 19.1. The summed E-state index contributed by atoms with van der Waals surface area (Å²) >= 11 is 0. The van der Waals surface area contributed by atoms with Gasteiger partial charge in [-0.15, -0.1) is 0 Å². The summed E-state index contributed by atoms with van der Waals surface area (Å²) in [4.78, 5) is 0. The lowest BCUT2D eigenvalue weighted by atomic mass is 9.81. The van der Waals surface area contributed by atoms with Crippen molar-refractivity contribution in [1.82, 2.24) is 5.32 Å². The van der Waals surface area contributed by atoms with Crippen molar-refractivity contribution in [3.8, 4) is 11.1 Å². The fraction of sp³-hybridized carbons (Fsp3) is 0.455. The Balaban J connectivity index is 1.87. The quantitative estimate of drug-likeness (QED) is 0.664. The summed E-state index contributed by atoms with van der Waals surface area (Å²) in [5.41, 5.74) is 1.39. The number of halogens is 3. The number of hydrogen-bond acceptors (Lipinski definition) is 1. The lowest BCUT2D eigenvalue weighted by Gasteiger charge is -2.31. The molecule has 0 bridgehead atoms. The summed E-state index contributed by atoms with van der Waals surface area (Å²) in [6, 6.07) is 8.56. The van der Waals surface area contributed by atoms with Gasteiger partial charge in [-0.2, -0.15) is 0 Å². The van der Waals surface area contributed by atoms with Gasteiger partial charge in [-0.1, -0.05) is 32.0 Å². The largest absolute Gasteiger partial charge is 0.316 e. The summed E-state index contributed by atoms with van der Waals surface area (Å²) < 4.78 is 42.1. The Labute approximate surface area is 153 Å². The molecule has 2 unspecified atom stereocenters. The van der Waals surface area contributed by atoms with Gasteiger partial charge in [0.1, 0.15) is 17.5 Å². The first-order valence-corrected chi connectivity index (χ1v) is 9.31. The van der Waals surface area contributed by atoms with Crippen LogP contribution >= 0.6 is 0 Å². The predicted molar refractivity (Wildman–Crippen MR) is 99.4 cm³/mol. The Morgan fingerprint density at radius 1 is 1.08 bits per heavy atom. The SMILES string of the molecule is CCC1(C(NC)C(C)Cc2cccc(-c3cc(F)cc(F)c3)c2F)CC1. The third-order valence-electron chi connectivity index (χ3n) is 5.93. The van der Waals surface area contributed by atoms with Crippen LogP contribution in [0.1, 0.15) is 38.7 Å². The molecular formula is C22H26F3N. The molecule has 4 heteroatoms. The second-order valence-electron chi connectivity index (χ2n) is 7.60. The lowest BCUT2D eigenvalue weighted by molar-refractivity contribution is 0.253. The highest BCUT2D eigenvalue weighted by Gasteiger charge is 2.48. The van der Waals surface area contributed by atoms with Crippen molar-refractivity contribution in [2.45, 2.75) is 45.6 Å². The van der Waals surface area contributed by atoms with E-state index in [1.165, 1.54) is 25.0 Å². The van der Waals surface area contributed by atoms with E-state index in [2.05, 4.69) is 19.2 Å². The zero-order valence-electron chi connectivity index (χ0n) is 15.6. The molecular weight excluding hydrogens is 335 g/mol. The topological polar surface area (TPSA) is 12.0 Å². The van der Waals surface area contributed by atoms with Gasteiger partial charge in [-0.05, 0) is 67.3 Å². The Hall–Kier alpha value is -1.81. The molecule has 0 aliphatic heterocycles. The van der Waals surface area contributed by atoms with Crippen molar-refractivity contribution in [2.75, 3.05) is 7.05 Å². The first kappa shape index (κ1) is 19.0. The van der Waals surface area contributed by atoms with Gasteiger partial charge in [0.05, 0.1) is 0 Å². The van der Waals surface area contributed by atoms with Crippen LogP contribution in [-0.4, -0.2) is 13.1 Å². The molecule has 2 atom stereocenters. The first-order valence-electron chi connectivity index (χ1n) is 9.31. The summed E-state index contributed by atoms with van der Waals surface area (Å²) in [7, 11) is 1.97. The highest BCUT2D eigenvalue weighted by molar-refractivity contribution is 5.65. The van der Waals surface area contributed by atoms with Crippen molar-refractivity contribution in [3.63, 3.8) is 0 Å². The molecule has 3 rings (SSSR count). The molecule has 140 valence electrons. The monoisotopic (exact) mass is 361 g/mol. The smallest absolute Gasteiger partial charge is 0.134 e. The molecule has 0 heterocycles.